The Kier molecular flexibility index (Phi) is 6.75. The number of aromatic hydroxyl groups is 1. The smallest absolute Gasteiger partial charge is 0.251 e. The van der Waals surface area contributed by atoms with E-state index in [0.29, 0.717) is 24.0 Å². The van der Waals surface area contributed by atoms with Crippen molar-refractivity contribution in [2.75, 3.05) is 26.2 Å². The van der Waals surface area contributed by atoms with E-state index in [0.717, 1.165) is 28.4 Å². The minimum atomic E-state index is -0.0883. The van der Waals surface area contributed by atoms with E-state index in [-0.39, 0.29) is 11.8 Å². The zero-order valence-electron chi connectivity index (χ0n) is 17.1. The topological polar surface area (TPSA) is 57.5 Å². The molecule has 0 saturated carbocycles. The van der Waals surface area contributed by atoms with Gasteiger partial charge in [0.05, 0.1) is 6.54 Å². The number of benzene rings is 2. The number of carbonyl (C=O) groups is 1. The van der Waals surface area contributed by atoms with Gasteiger partial charge in [-0.05, 0) is 68.7 Å². The van der Waals surface area contributed by atoms with Gasteiger partial charge in [-0.1, -0.05) is 40.5 Å². The van der Waals surface area contributed by atoms with Gasteiger partial charge in [0, 0.05) is 33.6 Å². The van der Waals surface area contributed by atoms with Crippen LogP contribution in [0.4, 0.5) is 0 Å². The number of nitrogens with one attached hydrogen (secondary N) is 1. The Labute approximate surface area is 185 Å². The average molecular weight is 470 g/mol. The van der Waals surface area contributed by atoms with Crippen molar-refractivity contribution in [3.8, 4) is 5.88 Å². The molecule has 1 aliphatic rings. The highest BCUT2D eigenvalue weighted by Crippen LogP contribution is 2.29. The van der Waals surface area contributed by atoms with Gasteiger partial charge in [0.2, 0.25) is 0 Å². The lowest BCUT2D eigenvalue weighted by Gasteiger charge is -2.26. The summed E-state index contributed by atoms with van der Waals surface area (Å²) in [7, 11) is 0. The molecule has 4 rings (SSSR count). The lowest BCUT2D eigenvalue weighted by Crippen LogP contribution is -2.33. The molecule has 0 atom stereocenters. The minimum absolute atomic E-state index is 0.0883. The number of nitrogens with zero attached hydrogens (tertiary/aromatic N) is 2. The van der Waals surface area contributed by atoms with Crippen LogP contribution in [-0.4, -0.2) is 46.7 Å². The zero-order valence-corrected chi connectivity index (χ0v) is 18.7. The van der Waals surface area contributed by atoms with Crippen LogP contribution in [0.25, 0.3) is 10.8 Å². The molecule has 2 N–H and O–H groups in total. The SMILES string of the molecule is O=C(NCCCN1CCCCC1)c1ccc2cn(Cc3cccc(Br)c3)c(O)c2c1. The number of fused-ring (bicyclic) bond motifs is 1. The van der Waals surface area contributed by atoms with E-state index >= 15 is 0 Å². The Morgan fingerprint density at radius 1 is 1.10 bits per heavy atom. The standard InChI is InChI=1S/C24H28BrN3O2/c25-21-7-4-6-18(14-21)16-28-17-20-9-8-19(15-22(20)24(28)30)23(29)26-10-5-13-27-11-2-1-3-12-27/h4,6-9,14-15,17,30H,1-3,5,10-13,16H2,(H,26,29). The number of halogens is 1. The Morgan fingerprint density at radius 3 is 2.73 bits per heavy atom. The summed E-state index contributed by atoms with van der Waals surface area (Å²) < 4.78 is 2.82. The first-order valence-corrected chi connectivity index (χ1v) is 11.5. The molecular formula is C24H28BrN3O2. The van der Waals surface area contributed by atoms with E-state index in [9.17, 15) is 9.90 Å². The van der Waals surface area contributed by atoms with Gasteiger partial charge in [-0.25, -0.2) is 0 Å². The van der Waals surface area contributed by atoms with Gasteiger partial charge < -0.3 is 19.9 Å². The van der Waals surface area contributed by atoms with Gasteiger partial charge in [0.15, 0.2) is 5.88 Å². The van der Waals surface area contributed by atoms with Crippen LogP contribution in [0.5, 0.6) is 5.88 Å². The molecule has 0 bridgehead atoms. The molecule has 1 fully saturated rings. The van der Waals surface area contributed by atoms with Crippen LogP contribution >= 0.6 is 15.9 Å². The molecule has 1 aliphatic heterocycles. The number of amides is 1. The van der Waals surface area contributed by atoms with E-state index in [4.69, 9.17) is 0 Å². The molecular weight excluding hydrogens is 442 g/mol. The van der Waals surface area contributed by atoms with E-state index in [1.54, 1.807) is 6.07 Å². The number of carbonyl (C=O) groups excluding carboxylic acids is 1. The second kappa shape index (κ2) is 9.67. The molecule has 6 heteroatoms. The fraction of sp³-hybridized carbons (Fsp3) is 0.375. The second-order valence-corrected chi connectivity index (χ2v) is 8.94. The molecule has 2 aromatic carbocycles. The van der Waals surface area contributed by atoms with Crippen LogP contribution < -0.4 is 5.32 Å². The van der Waals surface area contributed by atoms with Crippen molar-refractivity contribution >= 4 is 32.6 Å². The normalized spacial score (nSPS) is 14.8. The predicted molar refractivity (Wildman–Crippen MR) is 124 cm³/mol. The van der Waals surface area contributed by atoms with Crippen LogP contribution in [0, 0.1) is 0 Å². The van der Waals surface area contributed by atoms with E-state index < -0.39 is 0 Å². The zero-order chi connectivity index (χ0) is 20.9. The van der Waals surface area contributed by atoms with Gasteiger partial charge >= 0.3 is 0 Å². The fourth-order valence-electron chi connectivity index (χ4n) is 4.13. The number of likely N-dealkylation sites (tertiary alicyclic amines) is 1. The Morgan fingerprint density at radius 2 is 1.93 bits per heavy atom. The molecule has 0 radical (unpaired) electrons. The number of hydrogen-bond acceptors (Lipinski definition) is 3. The Balaban J connectivity index is 1.38. The molecule has 3 aromatic rings. The fourth-order valence-corrected chi connectivity index (χ4v) is 4.58. The third-order valence-corrected chi connectivity index (χ3v) is 6.24. The maximum atomic E-state index is 12.6. The van der Waals surface area contributed by atoms with Crippen LogP contribution in [0.2, 0.25) is 0 Å². The monoisotopic (exact) mass is 469 g/mol. The Bertz CT molecular complexity index is 1020. The van der Waals surface area contributed by atoms with Crippen molar-refractivity contribution in [3.05, 3.63) is 64.3 Å². The van der Waals surface area contributed by atoms with Gasteiger partial charge in [-0.15, -0.1) is 0 Å². The molecule has 158 valence electrons. The molecule has 0 aliphatic carbocycles. The number of rotatable bonds is 7. The number of aromatic nitrogens is 1. The highest BCUT2D eigenvalue weighted by atomic mass is 79.9. The molecule has 2 heterocycles. The predicted octanol–water partition coefficient (Wildman–Crippen LogP) is 4.76. The third kappa shape index (κ3) is 5.05. The average Bonchev–Trinajstić information content (AvgIpc) is 3.06. The first-order valence-electron chi connectivity index (χ1n) is 10.7. The lowest BCUT2D eigenvalue weighted by molar-refractivity contribution is 0.0951. The summed E-state index contributed by atoms with van der Waals surface area (Å²) in [6.45, 7) is 4.64. The van der Waals surface area contributed by atoms with Crippen LogP contribution in [0.3, 0.4) is 0 Å². The van der Waals surface area contributed by atoms with Crippen molar-refractivity contribution < 1.29 is 9.90 Å². The molecule has 30 heavy (non-hydrogen) atoms. The van der Waals surface area contributed by atoms with Gasteiger partial charge in [0.25, 0.3) is 5.91 Å². The number of piperidine rings is 1. The first-order chi connectivity index (χ1) is 14.6. The third-order valence-electron chi connectivity index (χ3n) is 5.75. The van der Waals surface area contributed by atoms with E-state index in [2.05, 4.69) is 26.1 Å². The molecule has 5 nitrogen and oxygen atoms in total. The van der Waals surface area contributed by atoms with Gasteiger partial charge in [-0.2, -0.15) is 0 Å². The molecule has 1 amide bonds. The summed E-state index contributed by atoms with van der Waals surface area (Å²) in [6, 6.07) is 13.5. The second-order valence-electron chi connectivity index (χ2n) is 8.02. The minimum Gasteiger partial charge on any atom is -0.494 e. The quantitative estimate of drug-likeness (QED) is 0.490. The largest absolute Gasteiger partial charge is 0.494 e. The van der Waals surface area contributed by atoms with Gasteiger partial charge in [-0.3, -0.25) is 4.79 Å². The van der Waals surface area contributed by atoms with Crippen molar-refractivity contribution in [2.45, 2.75) is 32.2 Å². The van der Waals surface area contributed by atoms with Crippen LogP contribution in [0.15, 0.2) is 53.1 Å². The molecule has 0 unspecified atom stereocenters. The van der Waals surface area contributed by atoms with Crippen LogP contribution in [0.1, 0.15) is 41.6 Å². The van der Waals surface area contributed by atoms with Gasteiger partial charge in [0.1, 0.15) is 0 Å². The maximum Gasteiger partial charge on any atom is 0.251 e. The molecule has 0 spiro atoms. The molecule has 1 aromatic heterocycles. The lowest BCUT2D eigenvalue weighted by atomic mass is 10.1. The summed E-state index contributed by atoms with van der Waals surface area (Å²) in [5, 5.41) is 15.3. The highest BCUT2D eigenvalue weighted by Gasteiger charge is 2.13. The maximum absolute atomic E-state index is 12.6. The van der Waals surface area contributed by atoms with Crippen LogP contribution in [-0.2, 0) is 6.54 Å². The Hall–Kier alpha value is -2.31. The summed E-state index contributed by atoms with van der Waals surface area (Å²) in [5.74, 6) is 0.0967. The summed E-state index contributed by atoms with van der Waals surface area (Å²) in [4.78, 5) is 15.0. The first kappa shape index (κ1) is 20.9. The van der Waals surface area contributed by atoms with Crippen molar-refractivity contribution in [1.82, 2.24) is 14.8 Å². The van der Waals surface area contributed by atoms with Crippen molar-refractivity contribution in [3.63, 3.8) is 0 Å². The van der Waals surface area contributed by atoms with E-state index in [1.165, 1.54) is 32.4 Å². The number of hydrogen-bond donors (Lipinski definition) is 2. The highest BCUT2D eigenvalue weighted by molar-refractivity contribution is 9.10. The summed E-state index contributed by atoms with van der Waals surface area (Å²) >= 11 is 3.48. The van der Waals surface area contributed by atoms with Crippen molar-refractivity contribution in [2.24, 2.45) is 0 Å². The van der Waals surface area contributed by atoms with E-state index in [1.807, 2.05) is 47.2 Å². The summed E-state index contributed by atoms with van der Waals surface area (Å²) in [5.41, 5.74) is 1.67. The summed E-state index contributed by atoms with van der Waals surface area (Å²) in [6.07, 6.45) is 6.80. The molecule has 1 saturated heterocycles. The van der Waals surface area contributed by atoms with Crippen molar-refractivity contribution in [1.29, 1.82) is 0 Å².